The molecule has 0 unspecified atom stereocenters. The Hall–Kier alpha value is -3.06. The predicted octanol–water partition coefficient (Wildman–Crippen LogP) is 2.96. The van der Waals surface area contributed by atoms with Gasteiger partial charge in [-0.3, -0.25) is 4.79 Å². The average Bonchev–Trinajstić information content (AvgIpc) is 3.02. The smallest absolute Gasteiger partial charge is 0.278 e. The van der Waals surface area contributed by atoms with Crippen LogP contribution in [0.2, 0.25) is 0 Å². The second-order valence-corrected chi connectivity index (χ2v) is 6.80. The van der Waals surface area contributed by atoms with Gasteiger partial charge in [-0.05, 0) is 55.8 Å². The summed E-state index contributed by atoms with van der Waals surface area (Å²) in [7, 11) is 2.10. The first-order valence-corrected chi connectivity index (χ1v) is 8.82. The quantitative estimate of drug-likeness (QED) is 0.775. The van der Waals surface area contributed by atoms with Gasteiger partial charge in [0.1, 0.15) is 5.82 Å². The van der Waals surface area contributed by atoms with Gasteiger partial charge in [0.2, 0.25) is 0 Å². The van der Waals surface area contributed by atoms with Crippen LogP contribution < -0.4 is 5.32 Å². The van der Waals surface area contributed by atoms with Crippen molar-refractivity contribution in [1.82, 2.24) is 19.9 Å². The fraction of sp³-hybridized carbons (Fsp3) is 0.250. The third-order valence-electron chi connectivity index (χ3n) is 4.85. The van der Waals surface area contributed by atoms with Crippen LogP contribution >= 0.6 is 0 Å². The zero-order valence-corrected chi connectivity index (χ0v) is 15.2. The number of halogens is 1. The van der Waals surface area contributed by atoms with Crippen molar-refractivity contribution in [2.75, 3.05) is 18.9 Å². The monoisotopic (exact) mass is 365 g/mol. The fourth-order valence-electron chi connectivity index (χ4n) is 3.45. The van der Waals surface area contributed by atoms with E-state index in [1.165, 1.54) is 23.3 Å². The molecule has 1 amide bonds. The van der Waals surface area contributed by atoms with Gasteiger partial charge < -0.3 is 10.2 Å². The molecular formula is C20H20FN5O. The predicted molar refractivity (Wildman–Crippen MR) is 100 cm³/mol. The summed E-state index contributed by atoms with van der Waals surface area (Å²) in [5, 5.41) is 11.0. The standard InChI is InChI=1S/C20H20FN5O/c1-13-19(20(27)22-16-7-4-6-15(21)11-16)23-24-26(13)18-8-3-5-14-12-25(2)10-9-17(14)18/h3-8,11H,9-10,12H2,1-2H3,(H,22,27). The van der Waals surface area contributed by atoms with Crippen molar-refractivity contribution in [3.05, 3.63) is 70.8 Å². The maximum absolute atomic E-state index is 13.3. The lowest BCUT2D eigenvalue weighted by Gasteiger charge is -2.26. The maximum atomic E-state index is 13.3. The van der Waals surface area contributed by atoms with Crippen molar-refractivity contribution in [3.63, 3.8) is 0 Å². The molecule has 4 rings (SSSR count). The van der Waals surface area contributed by atoms with E-state index in [9.17, 15) is 9.18 Å². The molecule has 6 nitrogen and oxygen atoms in total. The molecule has 0 saturated carbocycles. The number of hydrogen-bond acceptors (Lipinski definition) is 4. The van der Waals surface area contributed by atoms with Crippen molar-refractivity contribution in [3.8, 4) is 5.69 Å². The second-order valence-electron chi connectivity index (χ2n) is 6.80. The summed E-state index contributed by atoms with van der Waals surface area (Å²) >= 11 is 0. The number of carbonyl (C=O) groups is 1. The summed E-state index contributed by atoms with van der Waals surface area (Å²) in [6, 6.07) is 11.9. The number of fused-ring (bicyclic) bond motifs is 1. The van der Waals surface area contributed by atoms with E-state index in [0.717, 1.165) is 25.2 Å². The van der Waals surface area contributed by atoms with E-state index in [0.29, 0.717) is 11.4 Å². The number of likely N-dealkylation sites (N-methyl/N-ethyl adjacent to an activating group) is 1. The highest BCUT2D eigenvalue weighted by Crippen LogP contribution is 2.25. The normalized spacial score (nSPS) is 14.0. The van der Waals surface area contributed by atoms with E-state index < -0.39 is 11.7 Å². The number of nitrogens with zero attached hydrogens (tertiary/aromatic N) is 4. The molecule has 0 fully saturated rings. The van der Waals surface area contributed by atoms with Gasteiger partial charge in [-0.2, -0.15) is 0 Å². The van der Waals surface area contributed by atoms with E-state index in [-0.39, 0.29) is 5.69 Å². The summed E-state index contributed by atoms with van der Waals surface area (Å²) in [6.07, 6.45) is 0.923. The molecular weight excluding hydrogens is 345 g/mol. The molecule has 0 spiro atoms. The summed E-state index contributed by atoms with van der Waals surface area (Å²) in [4.78, 5) is 14.8. The Kier molecular flexibility index (Phi) is 4.45. The molecule has 1 aliphatic rings. The van der Waals surface area contributed by atoms with E-state index in [4.69, 9.17) is 0 Å². The van der Waals surface area contributed by atoms with Crippen LogP contribution in [0, 0.1) is 12.7 Å². The first kappa shape index (κ1) is 17.4. The van der Waals surface area contributed by atoms with Crippen LogP contribution in [0.3, 0.4) is 0 Å². The van der Waals surface area contributed by atoms with Crippen LogP contribution in [-0.4, -0.2) is 39.4 Å². The molecule has 0 atom stereocenters. The second kappa shape index (κ2) is 6.92. The largest absolute Gasteiger partial charge is 0.320 e. The number of anilines is 1. The molecule has 0 saturated heterocycles. The number of aromatic nitrogens is 3. The van der Waals surface area contributed by atoms with Gasteiger partial charge >= 0.3 is 0 Å². The third kappa shape index (κ3) is 3.33. The van der Waals surface area contributed by atoms with Gasteiger partial charge in [0.05, 0.1) is 11.4 Å². The van der Waals surface area contributed by atoms with Gasteiger partial charge in [0.15, 0.2) is 5.69 Å². The van der Waals surface area contributed by atoms with Crippen molar-refractivity contribution < 1.29 is 9.18 Å². The number of carbonyl (C=O) groups excluding carboxylic acids is 1. The van der Waals surface area contributed by atoms with E-state index in [1.807, 2.05) is 19.1 Å². The highest BCUT2D eigenvalue weighted by atomic mass is 19.1. The minimum absolute atomic E-state index is 0.227. The minimum atomic E-state index is -0.408. The SMILES string of the molecule is Cc1c(C(=O)Nc2cccc(F)c2)nnn1-c1cccc2c1CCN(C)C2. The Morgan fingerprint density at radius 1 is 1.22 bits per heavy atom. The van der Waals surface area contributed by atoms with Crippen LogP contribution in [0.25, 0.3) is 5.69 Å². The average molecular weight is 365 g/mol. The van der Waals surface area contributed by atoms with Crippen LogP contribution in [0.5, 0.6) is 0 Å². The number of rotatable bonds is 3. The molecule has 1 N–H and O–H groups in total. The van der Waals surface area contributed by atoms with Crippen LogP contribution in [0.4, 0.5) is 10.1 Å². The van der Waals surface area contributed by atoms with Gasteiger partial charge in [0.25, 0.3) is 5.91 Å². The third-order valence-corrected chi connectivity index (χ3v) is 4.85. The van der Waals surface area contributed by atoms with E-state index in [1.54, 1.807) is 16.8 Å². The first-order valence-electron chi connectivity index (χ1n) is 8.82. The zero-order chi connectivity index (χ0) is 19.0. The Labute approximate surface area is 156 Å². The number of benzene rings is 2. The van der Waals surface area contributed by atoms with Gasteiger partial charge in [0, 0.05) is 18.8 Å². The molecule has 0 radical (unpaired) electrons. The molecule has 2 heterocycles. The summed E-state index contributed by atoms with van der Waals surface area (Å²) < 4.78 is 15.0. The number of nitrogens with one attached hydrogen (secondary N) is 1. The Morgan fingerprint density at radius 2 is 2.04 bits per heavy atom. The van der Waals surface area contributed by atoms with Crippen LogP contribution in [-0.2, 0) is 13.0 Å². The van der Waals surface area contributed by atoms with Gasteiger partial charge in [-0.1, -0.05) is 23.4 Å². The summed E-state index contributed by atoms with van der Waals surface area (Å²) in [5.41, 5.74) is 4.72. The maximum Gasteiger partial charge on any atom is 0.278 e. The van der Waals surface area contributed by atoms with Gasteiger partial charge in [-0.15, -0.1) is 5.10 Å². The number of amides is 1. The fourth-order valence-corrected chi connectivity index (χ4v) is 3.45. The Morgan fingerprint density at radius 3 is 2.85 bits per heavy atom. The van der Waals surface area contributed by atoms with E-state index in [2.05, 4.69) is 33.6 Å². The lowest BCUT2D eigenvalue weighted by molar-refractivity contribution is 0.102. The molecule has 27 heavy (non-hydrogen) atoms. The van der Waals surface area contributed by atoms with Crippen molar-refractivity contribution >= 4 is 11.6 Å². The highest BCUT2D eigenvalue weighted by Gasteiger charge is 2.22. The van der Waals surface area contributed by atoms with Crippen LogP contribution in [0.1, 0.15) is 27.3 Å². The highest BCUT2D eigenvalue weighted by molar-refractivity contribution is 6.03. The summed E-state index contributed by atoms with van der Waals surface area (Å²) in [5.74, 6) is -0.817. The molecule has 0 bridgehead atoms. The minimum Gasteiger partial charge on any atom is -0.320 e. The molecule has 1 aliphatic heterocycles. The number of hydrogen-bond donors (Lipinski definition) is 1. The lowest BCUT2D eigenvalue weighted by Crippen LogP contribution is -2.27. The van der Waals surface area contributed by atoms with Crippen LogP contribution in [0.15, 0.2) is 42.5 Å². The van der Waals surface area contributed by atoms with Crippen molar-refractivity contribution in [2.45, 2.75) is 19.9 Å². The Bertz CT molecular complexity index is 1010. The Balaban J connectivity index is 1.65. The van der Waals surface area contributed by atoms with Crippen molar-refractivity contribution in [2.24, 2.45) is 0 Å². The molecule has 7 heteroatoms. The topological polar surface area (TPSA) is 63.1 Å². The molecule has 2 aromatic carbocycles. The lowest BCUT2D eigenvalue weighted by atomic mass is 9.98. The van der Waals surface area contributed by atoms with E-state index >= 15 is 0 Å². The van der Waals surface area contributed by atoms with Crippen molar-refractivity contribution in [1.29, 1.82) is 0 Å². The molecule has 0 aliphatic carbocycles. The molecule has 3 aromatic rings. The zero-order valence-electron chi connectivity index (χ0n) is 15.2. The van der Waals surface area contributed by atoms with Gasteiger partial charge in [-0.25, -0.2) is 9.07 Å². The molecule has 1 aromatic heterocycles. The first-order chi connectivity index (χ1) is 13.0. The molecule has 138 valence electrons. The summed E-state index contributed by atoms with van der Waals surface area (Å²) in [6.45, 7) is 3.68.